The summed E-state index contributed by atoms with van der Waals surface area (Å²) in [5.74, 6) is 0. The van der Waals surface area contributed by atoms with Crippen LogP contribution in [0.1, 0.15) is 0 Å². The van der Waals surface area contributed by atoms with Gasteiger partial charge in [0.05, 0.1) is 0 Å². The van der Waals surface area contributed by atoms with E-state index < -0.39 is 6.16 Å². The maximum atomic E-state index is 8.44. The van der Waals surface area contributed by atoms with Crippen molar-refractivity contribution >= 4 is 19.7 Å². The molecule has 0 rings (SSSR count). The van der Waals surface area contributed by atoms with Gasteiger partial charge in [-0.1, -0.05) is 0 Å². The Balaban J connectivity index is -0.0000000450. The summed E-state index contributed by atoms with van der Waals surface area (Å²) in [6.07, 6.45) is -2.08. The van der Waals surface area contributed by atoms with Crippen molar-refractivity contribution in [2.24, 2.45) is 0 Å². The Morgan fingerprint density at radius 3 is 1.67 bits per heavy atom. The molecular weight excluding hydrogens is 131 g/mol. The molecule has 3 nitrogen and oxygen atoms in total. The summed E-state index contributed by atoms with van der Waals surface area (Å²) in [4.78, 5) is 8.44. The van der Waals surface area contributed by atoms with Gasteiger partial charge >= 0.3 is 51.4 Å². The third-order valence-corrected chi connectivity index (χ3v) is 0. The molecule has 6 heavy (non-hydrogen) atoms. The fourth-order valence-corrected chi connectivity index (χ4v) is 0. The summed E-state index contributed by atoms with van der Waals surface area (Å²) >= 11 is 0. The summed E-state index contributed by atoms with van der Waals surface area (Å²) in [5, 5.41) is 15.3. The maximum Gasteiger partial charge on any atom is 1.00 e. The number of rotatable bonds is 0. The van der Waals surface area contributed by atoms with Gasteiger partial charge in [-0.2, -0.15) is 13.5 Å². The normalized spacial score (nSPS) is 4.00. The Morgan fingerprint density at radius 1 is 1.67 bits per heavy atom. The van der Waals surface area contributed by atoms with Crippen molar-refractivity contribution in [1.82, 2.24) is 0 Å². The molecule has 0 atom stereocenters. The molecule has 0 aliphatic heterocycles. The molecule has 0 aromatic heterocycles. The molecule has 0 unspecified atom stereocenters. The van der Waals surface area contributed by atoms with E-state index in [1.54, 1.807) is 0 Å². The smallest absolute Gasteiger partial charge is 0.565 e. The molecule has 1 N–H and O–H groups in total. The second kappa shape index (κ2) is 9.54. The van der Waals surface area contributed by atoms with Crippen molar-refractivity contribution in [2.75, 3.05) is 0 Å². The molecule has 0 fully saturated rings. The van der Waals surface area contributed by atoms with E-state index >= 15 is 0 Å². The van der Waals surface area contributed by atoms with Gasteiger partial charge in [0.15, 0.2) is 0 Å². The Labute approximate surface area is 84.6 Å². The molecule has 0 aliphatic rings. The molecule has 0 spiro atoms. The van der Waals surface area contributed by atoms with E-state index in [0.29, 0.717) is 0 Å². The van der Waals surface area contributed by atoms with E-state index in [1.165, 1.54) is 0 Å². The molecule has 0 aromatic rings. The maximum absolute atomic E-state index is 8.44. The Hall–Kier alpha value is 1.26. The third kappa shape index (κ3) is 60.3. The first-order valence-corrected chi connectivity index (χ1v) is 0.632. The molecule has 0 aromatic carbocycles. The second-order valence-corrected chi connectivity index (χ2v) is 0.266. The largest absolute Gasteiger partial charge is 1.00 e. The molecular formula is CH3KO3S. The average molecular weight is 134 g/mol. The van der Waals surface area contributed by atoms with Gasteiger partial charge in [-0.25, -0.2) is 0 Å². The molecule has 0 heterocycles. The first kappa shape index (κ1) is 15.7. The Kier molecular flexibility index (Phi) is 24.9. The van der Waals surface area contributed by atoms with Gasteiger partial charge < -0.3 is 15.0 Å². The van der Waals surface area contributed by atoms with E-state index in [-0.39, 0.29) is 64.9 Å². The van der Waals surface area contributed by atoms with Crippen LogP contribution in [0, 0.1) is 0 Å². The average Bonchev–Trinajstić information content (AvgIpc) is 0.811. The van der Waals surface area contributed by atoms with Crippen LogP contribution >= 0.6 is 13.5 Å². The van der Waals surface area contributed by atoms with Crippen molar-refractivity contribution < 1.29 is 66.4 Å². The number of carboxylic acid groups (broad SMARTS) is 2. The van der Waals surface area contributed by atoms with Crippen LogP contribution in [-0.4, -0.2) is 11.3 Å². The van der Waals surface area contributed by atoms with Gasteiger partial charge in [-0.3, -0.25) is 0 Å². The first-order valence-electron chi connectivity index (χ1n) is 0.632. The molecule has 0 bridgehead atoms. The molecule has 32 valence electrons. The second-order valence-electron chi connectivity index (χ2n) is 0.266. The zero-order valence-corrected chi connectivity index (χ0v) is 7.39. The Bertz CT molecular complexity index is 33.8. The van der Waals surface area contributed by atoms with Gasteiger partial charge in [0.1, 0.15) is 0 Å². The molecule has 0 aliphatic carbocycles. The zero-order chi connectivity index (χ0) is 3.58. The number of carbonyl (C=O) groups is 1. The monoisotopic (exact) mass is 134 g/mol. The van der Waals surface area contributed by atoms with Gasteiger partial charge in [-0.15, -0.1) is 0 Å². The predicted molar refractivity (Wildman–Crippen MR) is 18.4 cm³/mol. The number of hydrogen-bond acceptors (Lipinski definition) is 2. The molecule has 0 radical (unpaired) electrons. The standard InChI is InChI=1S/CH2O3.K.H2S/c2-1(3)4;;/h(H2,2,3,4);;1H2/q;+1;/p-1. The third-order valence-electron chi connectivity index (χ3n) is 0. The van der Waals surface area contributed by atoms with Crippen LogP contribution in [-0.2, 0) is 0 Å². The summed E-state index contributed by atoms with van der Waals surface area (Å²) in [7, 11) is 0. The van der Waals surface area contributed by atoms with Crippen molar-refractivity contribution in [3.05, 3.63) is 0 Å². The van der Waals surface area contributed by atoms with Crippen molar-refractivity contribution in [2.45, 2.75) is 0 Å². The van der Waals surface area contributed by atoms with E-state index in [9.17, 15) is 0 Å². The van der Waals surface area contributed by atoms with E-state index in [2.05, 4.69) is 0 Å². The van der Waals surface area contributed by atoms with Crippen LogP contribution in [0.5, 0.6) is 0 Å². The van der Waals surface area contributed by atoms with Crippen LogP contribution in [0.15, 0.2) is 0 Å². The van der Waals surface area contributed by atoms with Crippen molar-refractivity contribution in [1.29, 1.82) is 0 Å². The predicted octanol–water partition coefficient (Wildman–Crippen LogP) is -4.00. The summed E-state index contributed by atoms with van der Waals surface area (Å²) in [6.45, 7) is 0. The fraction of sp³-hybridized carbons (Fsp3) is 0. The minimum absolute atomic E-state index is 0. The summed E-state index contributed by atoms with van der Waals surface area (Å²) in [5.41, 5.74) is 0. The molecule has 0 amide bonds. The van der Waals surface area contributed by atoms with Gasteiger partial charge in [0.25, 0.3) is 0 Å². The number of hydrogen-bond donors (Lipinski definition) is 1. The van der Waals surface area contributed by atoms with Crippen molar-refractivity contribution in [3.63, 3.8) is 0 Å². The van der Waals surface area contributed by atoms with Crippen LogP contribution in [0.3, 0.4) is 0 Å². The summed E-state index contributed by atoms with van der Waals surface area (Å²) < 4.78 is 0. The van der Waals surface area contributed by atoms with Gasteiger partial charge in [-0.05, 0) is 0 Å². The minimum Gasteiger partial charge on any atom is -0.565 e. The molecule has 5 heteroatoms. The Morgan fingerprint density at radius 2 is 1.67 bits per heavy atom. The van der Waals surface area contributed by atoms with E-state index in [1.807, 2.05) is 0 Å². The van der Waals surface area contributed by atoms with Gasteiger partial charge in [0.2, 0.25) is 6.16 Å². The minimum atomic E-state index is -2.08. The first-order chi connectivity index (χ1) is 1.73. The topological polar surface area (TPSA) is 60.4 Å². The summed E-state index contributed by atoms with van der Waals surface area (Å²) in [6, 6.07) is 0. The quantitative estimate of drug-likeness (QED) is 0.344. The molecule has 0 saturated carbocycles. The van der Waals surface area contributed by atoms with Crippen LogP contribution in [0.4, 0.5) is 4.79 Å². The fourth-order valence-electron chi connectivity index (χ4n) is 0. The van der Waals surface area contributed by atoms with Crippen LogP contribution in [0.25, 0.3) is 0 Å². The zero-order valence-electron chi connectivity index (χ0n) is 3.26. The molecule has 0 saturated heterocycles. The van der Waals surface area contributed by atoms with Gasteiger partial charge in [0, 0.05) is 0 Å². The van der Waals surface area contributed by atoms with E-state index in [4.69, 9.17) is 15.0 Å². The SMILES string of the molecule is O=C([O-])O.S.[K+]. The van der Waals surface area contributed by atoms with Crippen molar-refractivity contribution in [3.8, 4) is 0 Å². The van der Waals surface area contributed by atoms with Crippen LogP contribution < -0.4 is 56.5 Å². The van der Waals surface area contributed by atoms with E-state index in [0.717, 1.165) is 0 Å². The van der Waals surface area contributed by atoms with Crippen LogP contribution in [0.2, 0.25) is 0 Å².